The van der Waals surface area contributed by atoms with E-state index in [0.29, 0.717) is 0 Å². The molecule has 0 fully saturated rings. The zero-order valence-corrected chi connectivity index (χ0v) is 11.5. The second-order valence-electron chi connectivity index (χ2n) is 4.67. The molecule has 100 valence electrons. The average molecular weight is 273 g/mol. The lowest BCUT2D eigenvalue weighted by atomic mass is 10.0. The Balaban J connectivity index is 2.73. The van der Waals surface area contributed by atoms with Crippen molar-refractivity contribution in [2.75, 3.05) is 0 Å². The Bertz CT molecular complexity index is 437. The molecule has 3 N–H and O–H groups in total. The van der Waals surface area contributed by atoms with Crippen LogP contribution in [-0.2, 0) is 4.79 Å². The number of benzene rings is 1. The van der Waals surface area contributed by atoms with Crippen LogP contribution >= 0.6 is 11.6 Å². The van der Waals surface area contributed by atoms with Gasteiger partial charge in [-0.15, -0.1) is 0 Å². The first-order chi connectivity index (χ1) is 8.32. The Kier molecular flexibility index (Phi) is 5.11. The van der Waals surface area contributed by atoms with E-state index >= 15 is 0 Å². The number of rotatable bonds is 4. The number of halogens is 2. The fraction of sp³-hybridized carbons (Fsp3) is 0.462. The molecule has 0 aromatic heterocycles. The molecule has 1 unspecified atom stereocenters. The summed E-state index contributed by atoms with van der Waals surface area (Å²) >= 11 is 5.70. The molecule has 0 saturated heterocycles. The maximum absolute atomic E-state index is 13.0. The van der Waals surface area contributed by atoms with Gasteiger partial charge < -0.3 is 11.1 Å². The van der Waals surface area contributed by atoms with Crippen molar-refractivity contribution in [3.8, 4) is 0 Å². The van der Waals surface area contributed by atoms with Gasteiger partial charge in [-0.2, -0.15) is 0 Å². The van der Waals surface area contributed by atoms with Crippen LogP contribution in [0.4, 0.5) is 4.39 Å². The van der Waals surface area contributed by atoms with Gasteiger partial charge in [0.2, 0.25) is 5.91 Å². The van der Waals surface area contributed by atoms with E-state index in [0.717, 1.165) is 5.56 Å². The van der Waals surface area contributed by atoms with E-state index in [1.165, 1.54) is 12.1 Å². The summed E-state index contributed by atoms with van der Waals surface area (Å²) in [5, 5.41) is 2.82. The first-order valence-corrected chi connectivity index (χ1v) is 6.21. The molecule has 1 aromatic carbocycles. The fourth-order valence-corrected chi connectivity index (χ4v) is 1.67. The summed E-state index contributed by atoms with van der Waals surface area (Å²) in [5.41, 5.74) is 6.48. The molecule has 1 rings (SSSR count). The van der Waals surface area contributed by atoms with Gasteiger partial charge in [0.05, 0.1) is 17.1 Å². The minimum Gasteiger partial charge on any atom is -0.348 e. The van der Waals surface area contributed by atoms with Crippen LogP contribution in [0, 0.1) is 11.7 Å². The third-order valence-electron chi connectivity index (χ3n) is 2.82. The Labute approximate surface area is 112 Å². The van der Waals surface area contributed by atoms with E-state index in [1.54, 1.807) is 13.0 Å². The maximum Gasteiger partial charge on any atom is 0.237 e. The lowest BCUT2D eigenvalue weighted by molar-refractivity contribution is -0.123. The standard InChI is InChI=1S/C13H18ClFN2O/c1-7(2)12(16)13(18)17-8(3)9-4-5-11(15)10(14)6-9/h4-8,12H,16H2,1-3H3,(H,17,18)/t8?,12-/m0/s1. The Hall–Kier alpha value is -1.13. The van der Waals surface area contributed by atoms with Crippen molar-refractivity contribution in [3.05, 3.63) is 34.6 Å². The molecule has 18 heavy (non-hydrogen) atoms. The number of carbonyl (C=O) groups is 1. The smallest absolute Gasteiger partial charge is 0.237 e. The normalized spacial score (nSPS) is 14.4. The predicted molar refractivity (Wildman–Crippen MR) is 70.8 cm³/mol. The van der Waals surface area contributed by atoms with Crippen LogP contribution in [0.5, 0.6) is 0 Å². The van der Waals surface area contributed by atoms with Crippen molar-refractivity contribution in [1.29, 1.82) is 0 Å². The summed E-state index contributed by atoms with van der Waals surface area (Å²) in [5.74, 6) is -0.634. The van der Waals surface area contributed by atoms with Crippen molar-refractivity contribution >= 4 is 17.5 Å². The summed E-state index contributed by atoms with van der Waals surface area (Å²) < 4.78 is 13.0. The first kappa shape index (κ1) is 14.9. The molecule has 2 atom stereocenters. The Morgan fingerprint density at radius 3 is 2.50 bits per heavy atom. The molecule has 1 amide bonds. The molecule has 0 aliphatic rings. The first-order valence-electron chi connectivity index (χ1n) is 5.83. The van der Waals surface area contributed by atoms with Gasteiger partial charge >= 0.3 is 0 Å². The van der Waals surface area contributed by atoms with Crippen molar-refractivity contribution < 1.29 is 9.18 Å². The average Bonchev–Trinajstić information content (AvgIpc) is 2.31. The van der Waals surface area contributed by atoms with Crippen molar-refractivity contribution in [2.24, 2.45) is 11.7 Å². The number of hydrogen-bond donors (Lipinski definition) is 2. The minimum atomic E-state index is -0.552. The summed E-state index contributed by atoms with van der Waals surface area (Å²) in [6.07, 6.45) is 0. The lowest BCUT2D eigenvalue weighted by Gasteiger charge is -2.20. The van der Waals surface area contributed by atoms with E-state index in [-0.39, 0.29) is 22.9 Å². The quantitative estimate of drug-likeness (QED) is 0.885. The fourth-order valence-electron chi connectivity index (χ4n) is 1.48. The van der Waals surface area contributed by atoms with Gasteiger partial charge in [0.15, 0.2) is 0 Å². The molecule has 0 bridgehead atoms. The molecule has 0 aliphatic heterocycles. The number of nitrogens with two attached hydrogens (primary N) is 1. The molecule has 5 heteroatoms. The second-order valence-corrected chi connectivity index (χ2v) is 5.08. The highest BCUT2D eigenvalue weighted by Crippen LogP contribution is 2.20. The van der Waals surface area contributed by atoms with E-state index in [1.807, 2.05) is 13.8 Å². The van der Waals surface area contributed by atoms with Crippen LogP contribution in [0.1, 0.15) is 32.4 Å². The van der Waals surface area contributed by atoms with Crippen molar-refractivity contribution in [2.45, 2.75) is 32.9 Å². The van der Waals surface area contributed by atoms with Crippen LogP contribution in [0.15, 0.2) is 18.2 Å². The van der Waals surface area contributed by atoms with E-state index in [4.69, 9.17) is 17.3 Å². The summed E-state index contributed by atoms with van der Waals surface area (Å²) in [6, 6.07) is 3.56. The second kappa shape index (κ2) is 6.16. The van der Waals surface area contributed by atoms with Crippen LogP contribution in [0.3, 0.4) is 0 Å². The van der Waals surface area contributed by atoms with Crippen LogP contribution in [-0.4, -0.2) is 11.9 Å². The van der Waals surface area contributed by atoms with Gasteiger partial charge in [0.1, 0.15) is 5.82 Å². The van der Waals surface area contributed by atoms with Crippen LogP contribution < -0.4 is 11.1 Å². The highest BCUT2D eigenvalue weighted by molar-refractivity contribution is 6.30. The number of carbonyl (C=O) groups excluding carboxylic acids is 1. The molecular formula is C13H18ClFN2O. The van der Waals surface area contributed by atoms with E-state index < -0.39 is 11.9 Å². The maximum atomic E-state index is 13.0. The van der Waals surface area contributed by atoms with E-state index in [2.05, 4.69) is 5.32 Å². The minimum absolute atomic E-state index is 0.0433. The molecule has 0 aliphatic carbocycles. The zero-order valence-electron chi connectivity index (χ0n) is 10.7. The molecule has 0 heterocycles. The number of amides is 1. The van der Waals surface area contributed by atoms with Crippen molar-refractivity contribution in [3.63, 3.8) is 0 Å². The van der Waals surface area contributed by atoms with Gasteiger partial charge in [0.25, 0.3) is 0 Å². The predicted octanol–water partition coefficient (Wildman–Crippen LogP) is 2.64. The third kappa shape index (κ3) is 3.68. The van der Waals surface area contributed by atoms with Gasteiger partial charge in [-0.25, -0.2) is 4.39 Å². The largest absolute Gasteiger partial charge is 0.348 e. The van der Waals surface area contributed by atoms with Crippen LogP contribution in [0.2, 0.25) is 5.02 Å². The zero-order chi connectivity index (χ0) is 13.9. The van der Waals surface area contributed by atoms with Gasteiger partial charge in [-0.05, 0) is 30.5 Å². The molecular weight excluding hydrogens is 255 g/mol. The SMILES string of the molecule is CC(NC(=O)[C@@H](N)C(C)C)c1ccc(F)c(Cl)c1. The van der Waals surface area contributed by atoms with Gasteiger partial charge in [-0.3, -0.25) is 4.79 Å². The third-order valence-corrected chi connectivity index (χ3v) is 3.11. The topological polar surface area (TPSA) is 55.1 Å². The summed E-state index contributed by atoms with van der Waals surface area (Å²) in [7, 11) is 0. The highest BCUT2D eigenvalue weighted by atomic mass is 35.5. The molecule has 0 radical (unpaired) electrons. The Morgan fingerprint density at radius 2 is 2.00 bits per heavy atom. The van der Waals surface area contributed by atoms with Crippen LogP contribution in [0.25, 0.3) is 0 Å². The lowest BCUT2D eigenvalue weighted by Crippen LogP contribution is -2.44. The van der Waals surface area contributed by atoms with Gasteiger partial charge in [-0.1, -0.05) is 31.5 Å². The number of hydrogen-bond acceptors (Lipinski definition) is 2. The van der Waals surface area contributed by atoms with E-state index in [9.17, 15) is 9.18 Å². The molecule has 0 saturated carbocycles. The monoisotopic (exact) mass is 272 g/mol. The molecule has 3 nitrogen and oxygen atoms in total. The molecule has 1 aromatic rings. The summed E-state index contributed by atoms with van der Waals surface area (Å²) in [4.78, 5) is 11.8. The van der Waals surface area contributed by atoms with Gasteiger partial charge in [0, 0.05) is 0 Å². The molecule has 0 spiro atoms. The van der Waals surface area contributed by atoms with Crippen molar-refractivity contribution in [1.82, 2.24) is 5.32 Å². The highest BCUT2D eigenvalue weighted by Gasteiger charge is 2.19. The number of nitrogens with one attached hydrogen (secondary N) is 1. The Morgan fingerprint density at radius 1 is 1.39 bits per heavy atom. The summed E-state index contributed by atoms with van der Waals surface area (Å²) in [6.45, 7) is 5.56.